The molecule has 1 aliphatic rings. The molecule has 1 fully saturated rings. The van der Waals surface area contributed by atoms with Crippen molar-refractivity contribution in [3.63, 3.8) is 0 Å². The first kappa shape index (κ1) is 19.6. The van der Waals surface area contributed by atoms with Crippen LogP contribution in [0.4, 0.5) is 17.5 Å². The van der Waals surface area contributed by atoms with Crippen LogP contribution in [0.25, 0.3) is 22.3 Å². The number of nitrogen functional groups attached to an aromatic ring is 1. The van der Waals surface area contributed by atoms with Gasteiger partial charge in [0.1, 0.15) is 5.52 Å². The zero-order valence-corrected chi connectivity index (χ0v) is 16.9. The Morgan fingerprint density at radius 1 is 0.933 bits per heavy atom. The van der Waals surface area contributed by atoms with Gasteiger partial charge >= 0.3 is 0 Å². The largest absolute Gasteiger partial charge is 0.368 e. The van der Waals surface area contributed by atoms with Gasteiger partial charge in [-0.1, -0.05) is 12.1 Å². The molecule has 0 spiro atoms. The van der Waals surface area contributed by atoms with E-state index in [1.807, 2.05) is 41.3 Å². The third-order valence-corrected chi connectivity index (χ3v) is 5.07. The fraction of sp³-hybridized carbons (Fsp3) is 0.286. The van der Waals surface area contributed by atoms with Crippen LogP contribution in [0.3, 0.4) is 0 Å². The van der Waals surface area contributed by atoms with E-state index < -0.39 is 0 Å². The normalized spacial score (nSPS) is 14.1. The van der Waals surface area contributed by atoms with Crippen molar-refractivity contribution in [2.24, 2.45) is 0 Å². The lowest BCUT2D eigenvalue weighted by Gasteiger charge is -2.35. The molecule has 0 aliphatic carbocycles. The van der Waals surface area contributed by atoms with Crippen LogP contribution < -0.4 is 16.0 Å². The topological polar surface area (TPSA) is 117 Å². The summed E-state index contributed by atoms with van der Waals surface area (Å²) in [6.07, 6.45) is 0. The third-order valence-electron chi connectivity index (χ3n) is 5.07. The summed E-state index contributed by atoms with van der Waals surface area (Å²) in [4.78, 5) is 40.3. The van der Waals surface area contributed by atoms with Crippen molar-refractivity contribution < 1.29 is 9.59 Å². The van der Waals surface area contributed by atoms with Crippen molar-refractivity contribution in [3.8, 4) is 11.3 Å². The number of aromatic nitrogens is 3. The second kappa shape index (κ2) is 7.94. The molecular weight excluding hydrogens is 382 g/mol. The quantitative estimate of drug-likeness (QED) is 0.683. The van der Waals surface area contributed by atoms with Gasteiger partial charge in [0.05, 0.1) is 11.2 Å². The highest BCUT2D eigenvalue weighted by Gasteiger charge is 2.22. The van der Waals surface area contributed by atoms with Gasteiger partial charge in [-0.2, -0.15) is 4.98 Å². The summed E-state index contributed by atoms with van der Waals surface area (Å²) in [6.45, 7) is 5.63. The van der Waals surface area contributed by atoms with Crippen LogP contribution in [0, 0.1) is 0 Å². The minimum Gasteiger partial charge on any atom is -0.368 e. The van der Waals surface area contributed by atoms with Crippen LogP contribution in [0.1, 0.15) is 13.8 Å². The number of pyridine rings is 1. The molecular formula is C21H23N7O2. The fourth-order valence-electron chi connectivity index (χ4n) is 3.56. The van der Waals surface area contributed by atoms with Crippen molar-refractivity contribution in [3.05, 3.63) is 36.4 Å². The number of piperazine rings is 1. The number of benzene rings is 1. The third kappa shape index (κ3) is 4.00. The summed E-state index contributed by atoms with van der Waals surface area (Å²) < 4.78 is 0. The molecule has 0 radical (unpaired) electrons. The van der Waals surface area contributed by atoms with Gasteiger partial charge in [0.25, 0.3) is 0 Å². The van der Waals surface area contributed by atoms with Crippen LogP contribution in [-0.4, -0.2) is 57.8 Å². The molecule has 3 heterocycles. The van der Waals surface area contributed by atoms with Gasteiger partial charge < -0.3 is 20.9 Å². The summed E-state index contributed by atoms with van der Waals surface area (Å²) in [6, 6.07) is 11.3. The highest BCUT2D eigenvalue weighted by atomic mass is 16.2. The van der Waals surface area contributed by atoms with Crippen molar-refractivity contribution >= 4 is 40.3 Å². The van der Waals surface area contributed by atoms with Gasteiger partial charge in [-0.25, -0.2) is 9.97 Å². The molecule has 2 aromatic heterocycles. The molecule has 4 rings (SSSR count). The highest BCUT2D eigenvalue weighted by Crippen LogP contribution is 2.28. The smallest absolute Gasteiger partial charge is 0.222 e. The molecule has 2 amide bonds. The number of carbonyl (C=O) groups is 2. The fourth-order valence-corrected chi connectivity index (χ4v) is 3.56. The number of nitrogens with one attached hydrogen (secondary N) is 1. The SMILES string of the molecule is CC(=O)Nc1ccc(-c2ccc3nc(N)nc(N4CCN(C(C)=O)CC4)c3n2)cc1. The first-order valence-electron chi connectivity index (χ1n) is 9.73. The van der Waals surface area contributed by atoms with Crippen LogP contribution >= 0.6 is 0 Å². The van der Waals surface area contributed by atoms with E-state index >= 15 is 0 Å². The Bertz CT molecular complexity index is 1110. The number of anilines is 3. The number of amides is 2. The molecule has 1 aromatic carbocycles. The first-order chi connectivity index (χ1) is 14.4. The van der Waals surface area contributed by atoms with Crippen LogP contribution in [-0.2, 0) is 9.59 Å². The Morgan fingerprint density at radius 2 is 1.63 bits per heavy atom. The number of rotatable bonds is 3. The number of carbonyl (C=O) groups excluding carboxylic acids is 2. The molecule has 0 bridgehead atoms. The van der Waals surface area contributed by atoms with Crippen molar-refractivity contribution in [2.45, 2.75) is 13.8 Å². The summed E-state index contributed by atoms with van der Waals surface area (Å²) in [5.41, 5.74) is 9.69. The Kier molecular flexibility index (Phi) is 5.18. The molecule has 1 saturated heterocycles. The van der Waals surface area contributed by atoms with Crippen LogP contribution in [0.5, 0.6) is 0 Å². The number of hydrogen-bond acceptors (Lipinski definition) is 7. The second-order valence-corrected chi connectivity index (χ2v) is 7.22. The summed E-state index contributed by atoms with van der Waals surface area (Å²) in [5, 5.41) is 2.76. The monoisotopic (exact) mass is 405 g/mol. The predicted molar refractivity (Wildman–Crippen MR) is 116 cm³/mol. The van der Waals surface area contributed by atoms with Crippen molar-refractivity contribution in [2.75, 3.05) is 42.1 Å². The highest BCUT2D eigenvalue weighted by molar-refractivity contribution is 5.90. The van der Waals surface area contributed by atoms with E-state index in [0.29, 0.717) is 43.0 Å². The Balaban J connectivity index is 1.68. The average molecular weight is 405 g/mol. The van der Waals surface area contributed by atoms with Crippen molar-refractivity contribution in [1.29, 1.82) is 0 Å². The lowest BCUT2D eigenvalue weighted by molar-refractivity contribution is -0.129. The molecule has 30 heavy (non-hydrogen) atoms. The van der Waals surface area contributed by atoms with Crippen molar-refractivity contribution in [1.82, 2.24) is 19.9 Å². The Hall–Kier alpha value is -3.75. The van der Waals surface area contributed by atoms with Gasteiger partial charge in [0, 0.05) is 51.3 Å². The Morgan fingerprint density at radius 3 is 2.27 bits per heavy atom. The van der Waals surface area contributed by atoms with Gasteiger partial charge in [0.2, 0.25) is 17.8 Å². The molecule has 0 saturated carbocycles. The molecule has 1 aliphatic heterocycles. The molecule has 0 atom stereocenters. The van der Waals surface area contributed by atoms with Crippen LogP contribution in [0.2, 0.25) is 0 Å². The Labute approximate surface area is 173 Å². The molecule has 3 N–H and O–H groups in total. The lowest BCUT2D eigenvalue weighted by atomic mass is 10.1. The van der Waals surface area contributed by atoms with E-state index in [1.54, 1.807) is 6.92 Å². The minimum absolute atomic E-state index is 0.0739. The minimum atomic E-state index is -0.115. The van der Waals surface area contributed by atoms with Gasteiger partial charge in [-0.05, 0) is 24.3 Å². The maximum Gasteiger partial charge on any atom is 0.222 e. The van der Waals surface area contributed by atoms with E-state index in [-0.39, 0.29) is 17.8 Å². The molecule has 154 valence electrons. The number of hydrogen-bond donors (Lipinski definition) is 2. The first-order valence-corrected chi connectivity index (χ1v) is 9.73. The van der Waals surface area contributed by atoms with E-state index in [4.69, 9.17) is 10.7 Å². The average Bonchev–Trinajstić information content (AvgIpc) is 2.73. The van der Waals surface area contributed by atoms with Gasteiger partial charge in [0.15, 0.2) is 5.82 Å². The maximum atomic E-state index is 11.6. The number of fused-ring (bicyclic) bond motifs is 1. The molecule has 3 aromatic rings. The predicted octanol–water partition coefficient (Wildman–Crippen LogP) is 1.90. The van der Waals surface area contributed by atoms with E-state index in [2.05, 4.69) is 20.2 Å². The number of nitrogens with zero attached hydrogens (tertiary/aromatic N) is 5. The van der Waals surface area contributed by atoms with Crippen LogP contribution in [0.15, 0.2) is 36.4 Å². The van der Waals surface area contributed by atoms with E-state index in [9.17, 15) is 9.59 Å². The van der Waals surface area contributed by atoms with E-state index in [0.717, 1.165) is 16.9 Å². The molecule has 9 heteroatoms. The van der Waals surface area contributed by atoms with Gasteiger partial charge in [-0.15, -0.1) is 0 Å². The second-order valence-electron chi connectivity index (χ2n) is 7.22. The lowest BCUT2D eigenvalue weighted by Crippen LogP contribution is -2.48. The zero-order chi connectivity index (χ0) is 21.3. The molecule has 9 nitrogen and oxygen atoms in total. The standard InChI is InChI=1S/C21H23N7O2/c1-13(29)23-16-5-3-15(4-6-16)17-7-8-18-19(24-17)20(26-21(22)25-18)28-11-9-27(10-12-28)14(2)30/h3-8H,9-12H2,1-2H3,(H,23,29)(H2,22,25,26). The maximum absolute atomic E-state index is 11.6. The summed E-state index contributed by atoms with van der Waals surface area (Å²) >= 11 is 0. The van der Waals surface area contributed by atoms with Gasteiger partial charge in [-0.3, -0.25) is 9.59 Å². The molecule has 0 unspecified atom stereocenters. The summed E-state index contributed by atoms with van der Waals surface area (Å²) in [5.74, 6) is 0.832. The zero-order valence-electron chi connectivity index (χ0n) is 16.9. The number of nitrogens with two attached hydrogens (primary N) is 1. The van der Waals surface area contributed by atoms with E-state index in [1.165, 1.54) is 6.92 Å². The summed E-state index contributed by atoms with van der Waals surface area (Å²) in [7, 11) is 0.